The zero-order valence-electron chi connectivity index (χ0n) is 23.0. The molecule has 0 spiro atoms. The van der Waals surface area contributed by atoms with Crippen LogP contribution in [-0.4, -0.2) is 61.5 Å². The molecular formula is C29H33ClO10. The van der Waals surface area contributed by atoms with E-state index in [1.54, 1.807) is 18.2 Å². The summed E-state index contributed by atoms with van der Waals surface area (Å²) in [5.74, 6) is -1.89. The molecule has 0 amide bonds. The summed E-state index contributed by atoms with van der Waals surface area (Å²) in [4.78, 5) is 47.8. The van der Waals surface area contributed by atoms with Crippen molar-refractivity contribution in [1.29, 1.82) is 0 Å². The predicted molar refractivity (Wildman–Crippen MR) is 143 cm³/mol. The van der Waals surface area contributed by atoms with Crippen molar-refractivity contribution in [2.24, 2.45) is 0 Å². The predicted octanol–water partition coefficient (Wildman–Crippen LogP) is 4.13. The van der Waals surface area contributed by atoms with Crippen LogP contribution in [0.3, 0.4) is 0 Å². The molecule has 2 aromatic carbocycles. The van der Waals surface area contributed by atoms with Gasteiger partial charge >= 0.3 is 23.9 Å². The molecule has 10 nitrogen and oxygen atoms in total. The Hall–Kier alpha value is -3.63. The Labute approximate surface area is 237 Å². The van der Waals surface area contributed by atoms with Gasteiger partial charge in [-0.3, -0.25) is 19.2 Å². The molecule has 0 saturated carbocycles. The number of halogens is 1. The first-order valence-electron chi connectivity index (χ1n) is 12.8. The summed E-state index contributed by atoms with van der Waals surface area (Å²) < 4.78 is 33.5. The molecule has 3 rings (SSSR count). The summed E-state index contributed by atoms with van der Waals surface area (Å²) in [6, 6.07) is 12.8. The van der Waals surface area contributed by atoms with Crippen molar-refractivity contribution < 1.29 is 47.6 Å². The molecule has 2 aromatic rings. The minimum atomic E-state index is -1.25. The van der Waals surface area contributed by atoms with Crippen LogP contribution in [0.15, 0.2) is 42.5 Å². The minimum Gasteiger partial charge on any atom is -0.494 e. The Bertz CT molecular complexity index is 1210. The molecule has 0 unspecified atom stereocenters. The number of carbonyl (C=O) groups excluding carboxylic acids is 4. The molecule has 1 aliphatic heterocycles. The van der Waals surface area contributed by atoms with Gasteiger partial charge in [0.05, 0.1) is 6.61 Å². The molecule has 1 fully saturated rings. The van der Waals surface area contributed by atoms with E-state index in [2.05, 4.69) is 0 Å². The highest BCUT2D eigenvalue weighted by molar-refractivity contribution is 6.31. The van der Waals surface area contributed by atoms with E-state index in [4.69, 9.17) is 40.0 Å². The third kappa shape index (κ3) is 8.43. The smallest absolute Gasteiger partial charge is 0.303 e. The first-order chi connectivity index (χ1) is 19.0. The van der Waals surface area contributed by atoms with E-state index in [0.717, 1.165) is 16.9 Å². The number of rotatable bonds is 10. The molecule has 1 saturated heterocycles. The van der Waals surface area contributed by atoms with Crippen LogP contribution in [-0.2, 0) is 49.3 Å². The highest BCUT2D eigenvalue weighted by Crippen LogP contribution is 2.39. The molecule has 0 bridgehead atoms. The zero-order chi connectivity index (χ0) is 29.4. The van der Waals surface area contributed by atoms with Crippen molar-refractivity contribution in [3.63, 3.8) is 0 Å². The maximum absolute atomic E-state index is 12.2. The Kier molecular flexibility index (Phi) is 10.9. The zero-order valence-corrected chi connectivity index (χ0v) is 23.8. The van der Waals surface area contributed by atoms with E-state index < -0.39 is 54.4 Å². The summed E-state index contributed by atoms with van der Waals surface area (Å²) in [6.45, 7) is 6.94. The van der Waals surface area contributed by atoms with Crippen LogP contribution in [0, 0.1) is 0 Å². The molecule has 40 heavy (non-hydrogen) atoms. The third-order valence-corrected chi connectivity index (χ3v) is 6.39. The first kappa shape index (κ1) is 30.9. The Morgan fingerprint density at radius 2 is 1.40 bits per heavy atom. The van der Waals surface area contributed by atoms with Gasteiger partial charge in [0.1, 0.15) is 24.6 Å². The largest absolute Gasteiger partial charge is 0.494 e. The van der Waals surface area contributed by atoms with Crippen LogP contribution in [0.2, 0.25) is 5.02 Å². The van der Waals surface area contributed by atoms with E-state index in [1.165, 1.54) is 27.7 Å². The summed E-state index contributed by atoms with van der Waals surface area (Å²) in [6.07, 6.45) is -5.23. The van der Waals surface area contributed by atoms with Crippen molar-refractivity contribution in [3.8, 4) is 5.75 Å². The molecule has 11 heteroatoms. The number of esters is 4. The van der Waals surface area contributed by atoms with E-state index >= 15 is 0 Å². The number of carbonyl (C=O) groups is 4. The van der Waals surface area contributed by atoms with E-state index in [9.17, 15) is 19.2 Å². The lowest BCUT2D eigenvalue weighted by atomic mass is 9.89. The summed E-state index contributed by atoms with van der Waals surface area (Å²) >= 11 is 6.54. The molecule has 0 aliphatic carbocycles. The lowest BCUT2D eigenvalue weighted by molar-refractivity contribution is -0.254. The van der Waals surface area contributed by atoms with Gasteiger partial charge in [-0.05, 0) is 48.2 Å². The van der Waals surface area contributed by atoms with Crippen molar-refractivity contribution >= 4 is 35.5 Å². The second kappa shape index (κ2) is 14.1. The van der Waals surface area contributed by atoms with Gasteiger partial charge in [-0.1, -0.05) is 35.9 Å². The minimum absolute atomic E-state index is 0.305. The van der Waals surface area contributed by atoms with E-state index in [0.29, 0.717) is 23.6 Å². The number of hydrogen-bond donors (Lipinski definition) is 0. The summed E-state index contributed by atoms with van der Waals surface area (Å²) in [7, 11) is 0. The molecule has 0 radical (unpaired) electrons. The van der Waals surface area contributed by atoms with Crippen LogP contribution in [0.5, 0.6) is 5.75 Å². The average molecular weight is 577 g/mol. The molecule has 0 N–H and O–H groups in total. The monoisotopic (exact) mass is 576 g/mol. The molecule has 216 valence electrons. The van der Waals surface area contributed by atoms with Gasteiger partial charge < -0.3 is 28.4 Å². The lowest BCUT2D eigenvalue weighted by Gasteiger charge is -2.44. The quantitative estimate of drug-likeness (QED) is 0.301. The topological polar surface area (TPSA) is 124 Å². The molecule has 1 heterocycles. The fourth-order valence-electron chi connectivity index (χ4n) is 4.49. The number of hydrogen-bond acceptors (Lipinski definition) is 10. The molecule has 0 aromatic heterocycles. The van der Waals surface area contributed by atoms with Gasteiger partial charge in [-0.15, -0.1) is 0 Å². The maximum atomic E-state index is 12.2. The number of ether oxygens (including phenoxy) is 6. The van der Waals surface area contributed by atoms with Gasteiger partial charge in [0, 0.05) is 32.7 Å². The Balaban J connectivity index is 2.03. The number of benzene rings is 2. The summed E-state index contributed by atoms with van der Waals surface area (Å²) in [5.41, 5.74) is 2.29. The fourth-order valence-corrected chi connectivity index (χ4v) is 4.68. The normalized spacial score (nSPS) is 22.1. The van der Waals surface area contributed by atoms with Crippen LogP contribution in [0.4, 0.5) is 0 Å². The van der Waals surface area contributed by atoms with Crippen molar-refractivity contribution in [3.05, 3.63) is 64.2 Å². The van der Waals surface area contributed by atoms with E-state index in [1.807, 2.05) is 31.2 Å². The average Bonchev–Trinajstić information content (AvgIpc) is 2.87. The molecule has 1 aliphatic rings. The molecule has 5 atom stereocenters. The Morgan fingerprint density at radius 1 is 0.800 bits per heavy atom. The molecular weight excluding hydrogens is 544 g/mol. The van der Waals surface area contributed by atoms with Crippen molar-refractivity contribution in [1.82, 2.24) is 0 Å². The van der Waals surface area contributed by atoms with Gasteiger partial charge in [0.2, 0.25) is 0 Å². The highest BCUT2D eigenvalue weighted by atomic mass is 35.5. The van der Waals surface area contributed by atoms with Gasteiger partial charge in [0.15, 0.2) is 18.3 Å². The van der Waals surface area contributed by atoms with Gasteiger partial charge in [-0.2, -0.15) is 0 Å². The maximum Gasteiger partial charge on any atom is 0.303 e. The van der Waals surface area contributed by atoms with Crippen LogP contribution < -0.4 is 4.74 Å². The SMILES string of the molecule is CCOc1ccc(Cc2cc([C@@H]3O[C@H](COC(C)=O)[C@H](OC(C)=O)[C@H](OC(C)=O)[C@H]3OC(C)=O)ccc2Cl)cc1. The lowest BCUT2D eigenvalue weighted by Crippen LogP contribution is -2.59. The Morgan fingerprint density at radius 3 is 1.98 bits per heavy atom. The summed E-state index contributed by atoms with van der Waals surface area (Å²) in [5, 5.41) is 0.503. The van der Waals surface area contributed by atoms with Crippen LogP contribution >= 0.6 is 11.6 Å². The van der Waals surface area contributed by atoms with E-state index in [-0.39, 0.29) is 6.61 Å². The van der Waals surface area contributed by atoms with Gasteiger partial charge in [-0.25, -0.2) is 0 Å². The first-order valence-corrected chi connectivity index (χ1v) is 13.2. The van der Waals surface area contributed by atoms with Crippen molar-refractivity contribution in [2.75, 3.05) is 13.2 Å². The van der Waals surface area contributed by atoms with Crippen molar-refractivity contribution in [2.45, 2.75) is 71.6 Å². The fraction of sp³-hybridized carbons (Fsp3) is 0.448. The highest BCUT2D eigenvalue weighted by Gasteiger charge is 2.52. The van der Waals surface area contributed by atoms with Crippen LogP contribution in [0.1, 0.15) is 57.4 Å². The standard InChI is InChI=1S/C29H33ClO10/c1-6-35-23-10-7-20(8-11-23)13-22-14-21(9-12-24(22)30)26-28(38-18(4)33)29(39-19(5)34)27(37-17(3)32)25(40-26)15-36-16(2)31/h7-12,14,25-29H,6,13,15H2,1-5H3/t25-,26+,27+,28+,29+/m1/s1. The second-order valence-corrected chi connectivity index (χ2v) is 9.63. The van der Waals surface area contributed by atoms with Crippen LogP contribution in [0.25, 0.3) is 0 Å². The second-order valence-electron chi connectivity index (χ2n) is 9.22. The third-order valence-electron chi connectivity index (χ3n) is 6.02. The van der Waals surface area contributed by atoms with Gasteiger partial charge in [0.25, 0.3) is 0 Å².